The Balaban J connectivity index is 1.90. The summed E-state index contributed by atoms with van der Waals surface area (Å²) in [5.74, 6) is 0.162. The van der Waals surface area contributed by atoms with Crippen LogP contribution in [0.4, 0.5) is 0 Å². The summed E-state index contributed by atoms with van der Waals surface area (Å²) in [6.45, 7) is 1.25. The molecule has 6 nitrogen and oxygen atoms in total. The number of halogens is 2. The number of hydrogen-bond acceptors (Lipinski definition) is 5. The Bertz CT molecular complexity index is 1130. The van der Waals surface area contributed by atoms with Crippen LogP contribution in [-0.4, -0.2) is 38.9 Å². The van der Waals surface area contributed by atoms with E-state index in [0.29, 0.717) is 24.4 Å². The van der Waals surface area contributed by atoms with Crippen molar-refractivity contribution >= 4 is 45.0 Å². The predicted octanol–water partition coefficient (Wildman–Crippen LogP) is 4.33. The zero-order valence-corrected chi connectivity index (χ0v) is 18.2. The lowest BCUT2D eigenvalue weighted by atomic mass is 10.2. The molecule has 1 heterocycles. The molecule has 9 heteroatoms. The minimum Gasteiger partial charge on any atom is -0.483 e. The number of nitriles is 1. The van der Waals surface area contributed by atoms with Gasteiger partial charge in [-0.05, 0) is 43.2 Å². The molecule has 1 amide bonds. The second-order valence-corrected chi connectivity index (χ2v) is 9.34. The van der Waals surface area contributed by atoms with E-state index >= 15 is 0 Å². The number of allylic oxidation sites excluding steroid dienone is 1. The van der Waals surface area contributed by atoms with Gasteiger partial charge in [0.15, 0.2) is 6.61 Å². The number of sulfone groups is 1. The number of carbonyl (C=O) groups is 1. The molecular formula is C21H18Cl2N2O4S. The van der Waals surface area contributed by atoms with Gasteiger partial charge in [0, 0.05) is 23.7 Å². The number of hydrogen-bond donors (Lipinski definition) is 0. The standard InChI is InChI=1S/C21H18Cl2N2O4S/c22-16-7-8-18(23)20(12-16)30(27,28)17(13-24)11-15-5-1-2-6-19(15)29-14-21(26)25-9-3-4-10-25/h1-2,5-8,11-12H,3-4,9-10,14H2/b17-11+. The summed E-state index contributed by atoms with van der Waals surface area (Å²) in [4.78, 5) is 13.2. The third-order valence-corrected chi connectivity index (χ3v) is 6.98. The Morgan fingerprint density at radius 1 is 1.17 bits per heavy atom. The van der Waals surface area contributed by atoms with Gasteiger partial charge < -0.3 is 9.64 Å². The molecule has 0 spiro atoms. The molecule has 0 aliphatic carbocycles. The van der Waals surface area contributed by atoms with E-state index in [9.17, 15) is 18.5 Å². The van der Waals surface area contributed by atoms with Crippen molar-refractivity contribution < 1.29 is 17.9 Å². The van der Waals surface area contributed by atoms with Gasteiger partial charge >= 0.3 is 0 Å². The average Bonchev–Trinajstić information content (AvgIpc) is 3.27. The molecule has 156 valence electrons. The number of benzene rings is 2. The first-order valence-corrected chi connectivity index (χ1v) is 11.4. The molecule has 0 aromatic heterocycles. The summed E-state index contributed by atoms with van der Waals surface area (Å²) in [7, 11) is -4.21. The van der Waals surface area contributed by atoms with E-state index in [0.717, 1.165) is 12.8 Å². The summed E-state index contributed by atoms with van der Waals surface area (Å²) in [6.07, 6.45) is 3.14. The maximum atomic E-state index is 13.0. The van der Waals surface area contributed by atoms with Gasteiger partial charge in [-0.15, -0.1) is 0 Å². The third-order valence-electron chi connectivity index (χ3n) is 4.60. The van der Waals surface area contributed by atoms with Crippen molar-refractivity contribution in [3.8, 4) is 11.8 Å². The van der Waals surface area contributed by atoms with Gasteiger partial charge in [-0.25, -0.2) is 8.42 Å². The maximum Gasteiger partial charge on any atom is 0.260 e. The average molecular weight is 465 g/mol. The van der Waals surface area contributed by atoms with Crippen LogP contribution in [0.2, 0.25) is 10.0 Å². The second kappa shape index (κ2) is 9.52. The Morgan fingerprint density at radius 2 is 1.87 bits per heavy atom. The molecule has 2 aromatic carbocycles. The Morgan fingerprint density at radius 3 is 2.57 bits per heavy atom. The van der Waals surface area contributed by atoms with Crippen LogP contribution < -0.4 is 4.74 Å². The fourth-order valence-corrected chi connectivity index (χ4v) is 4.95. The zero-order chi connectivity index (χ0) is 21.7. The van der Waals surface area contributed by atoms with Crippen molar-refractivity contribution in [2.75, 3.05) is 19.7 Å². The molecule has 0 bridgehead atoms. The van der Waals surface area contributed by atoms with Crippen molar-refractivity contribution in [1.82, 2.24) is 4.90 Å². The topological polar surface area (TPSA) is 87.5 Å². The van der Waals surface area contributed by atoms with Crippen molar-refractivity contribution in [3.63, 3.8) is 0 Å². The highest BCUT2D eigenvalue weighted by Crippen LogP contribution is 2.31. The van der Waals surface area contributed by atoms with Crippen molar-refractivity contribution in [1.29, 1.82) is 5.26 Å². The highest BCUT2D eigenvalue weighted by molar-refractivity contribution is 7.95. The normalized spacial score (nSPS) is 14.4. The second-order valence-electron chi connectivity index (χ2n) is 6.61. The van der Waals surface area contributed by atoms with Crippen molar-refractivity contribution in [2.45, 2.75) is 17.7 Å². The number of rotatable bonds is 6. The first-order valence-electron chi connectivity index (χ1n) is 9.14. The molecule has 0 saturated carbocycles. The van der Waals surface area contributed by atoms with Gasteiger partial charge in [-0.2, -0.15) is 5.26 Å². The summed E-state index contributed by atoms with van der Waals surface area (Å²) in [5, 5.41) is 9.66. The molecule has 30 heavy (non-hydrogen) atoms. The van der Waals surface area contributed by atoms with Crippen LogP contribution in [0.25, 0.3) is 6.08 Å². The van der Waals surface area contributed by atoms with Gasteiger partial charge in [0.05, 0.1) is 9.92 Å². The summed E-state index contributed by atoms with van der Waals surface area (Å²) in [5.41, 5.74) is 0.352. The smallest absolute Gasteiger partial charge is 0.260 e. The molecule has 1 fully saturated rings. The number of ether oxygens (including phenoxy) is 1. The number of amides is 1. The first kappa shape index (κ1) is 22.2. The van der Waals surface area contributed by atoms with Crippen LogP contribution in [-0.2, 0) is 14.6 Å². The van der Waals surface area contributed by atoms with Crippen LogP contribution in [0.1, 0.15) is 18.4 Å². The molecule has 3 rings (SSSR count). The fraction of sp³-hybridized carbons (Fsp3) is 0.238. The molecule has 0 unspecified atom stereocenters. The van der Waals surface area contributed by atoms with Crippen LogP contribution in [0.5, 0.6) is 5.75 Å². The minimum absolute atomic E-state index is 0.0405. The van der Waals surface area contributed by atoms with Crippen LogP contribution in [0.15, 0.2) is 52.3 Å². The summed E-state index contributed by atoms with van der Waals surface area (Å²) in [6, 6.07) is 12.3. The van der Waals surface area contributed by atoms with Gasteiger partial charge in [0.1, 0.15) is 16.7 Å². The van der Waals surface area contributed by atoms with E-state index in [4.69, 9.17) is 27.9 Å². The number of likely N-dealkylation sites (tertiary alicyclic amines) is 1. The van der Waals surface area contributed by atoms with E-state index in [-0.39, 0.29) is 27.5 Å². The molecule has 1 aliphatic rings. The van der Waals surface area contributed by atoms with Crippen molar-refractivity contribution in [2.24, 2.45) is 0 Å². The highest BCUT2D eigenvalue weighted by atomic mass is 35.5. The Labute approximate surface area is 185 Å². The monoisotopic (exact) mass is 464 g/mol. The molecule has 0 N–H and O–H groups in total. The maximum absolute atomic E-state index is 13.0. The highest BCUT2D eigenvalue weighted by Gasteiger charge is 2.25. The lowest BCUT2D eigenvalue weighted by molar-refractivity contribution is -0.132. The third kappa shape index (κ3) is 4.96. The SMILES string of the molecule is N#C/C(=C\c1ccccc1OCC(=O)N1CCCC1)S(=O)(=O)c1cc(Cl)ccc1Cl. The Hall–Kier alpha value is -2.53. The van der Waals surface area contributed by atoms with E-state index in [1.807, 2.05) is 0 Å². The predicted molar refractivity (Wildman–Crippen MR) is 115 cm³/mol. The fourth-order valence-electron chi connectivity index (χ4n) is 3.04. The molecule has 1 aliphatic heterocycles. The molecule has 2 aromatic rings. The quantitative estimate of drug-likeness (QED) is 0.593. The van der Waals surface area contributed by atoms with E-state index < -0.39 is 14.7 Å². The lowest BCUT2D eigenvalue weighted by Crippen LogP contribution is -2.32. The minimum atomic E-state index is -4.21. The van der Waals surface area contributed by atoms with E-state index in [2.05, 4.69) is 0 Å². The number of nitrogens with zero attached hydrogens (tertiary/aromatic N) is 2. The van der Waals surface area contributed by atoms with Gasteiger partial charge in [-0.3, -0.25) is 4.79 Å². The van der Waals surface area contributed by atoms with Crippen molar-refractivity contribution in [3.05, 3.63) is 63.0 Å². The van der Waals surface area contributed by atoms with Crippen LogP contribution in [0, 0.1) is 11.3 Å². The summed E-state index contributed by atoms with van der Waals surface area (Å²) < 4.78 is 31.5. The van der Waals surface area contributed by atoms with Crippen LogP contribution >= 0.6 is 23.2 Å². The lowest BCUT2D eigenvalue weighted by Gasteiger charge is -2.16. The zero-order valence-electron chi connectivity index (χ0n) is 15.8. The van der Waals surface area contributed by atoms with E-state index in [1.165, 1.54) is 24.3 Å². The number of para-hydroxylation sites is 1. The largest absolute Gasteiger partial charge is 0.483 e. The van der Waals surface area contributed by atoms with Gasteiger partial charge in [0.2, 0.25) is 9.84 Å². The molecule has 0 radical (unpaired) electrons. The van der Waals surface area contributed by atoms with E-state index in [1.54, 1.807) is 35.2 Å². The Kier molecular flexibility index (Phi) is 7.03. The summed E-state index contributed by atoms with van der Waals surface area (Å²) >= 11 is 11.9. The molecule has 1 saturated heterocycles. The molecular weight excluding hydrogens is 447 g/mol. The number of carbonyl (C=O) groups excluding carboxylic acids is 1. The van der Waals surface area contributed by atoms with Gasteiger partial charge in [-0.1, -0.05) is 41.4 Å². The van der Waals surface area contributed by atoms with Gasteiger partial charge in [0.25, 0.3) is 5.91 Å². The first-order chi connectivity index (χ1) is 14.3. The molecule has 0 atom stereocenters. The van der Waals surface area contributed by atoms with Crippen LogP contribution in [0.3, 0.4) is 0 Å².